The topological polar surface area (TPSA) is 52.6 Å². The van der Waals surface area contributed by atoms with Gasteiger partial charge in [-0.05, 0) is 6.42 Å². The maximum atomic E-state index is 10.8. The number of rotatable bonds is 3. The van der Waals surface area contributed by atoms with Crippen LogP contribution in [-0.4, -0.2) is 25.2 Å². The van der Waals surface area contributed by atoms with E-state index in [0.717, 1.165) is 0 Å². The Balaban J connectivity index is 2.35. The van der Waals surface area contributed by atoms with Crippen molar-refractivity contribution in [3.8, 4) is 0 Å². The van der Waals surface area contributed by atoms with Gasteiger partial charge in [-0.25, -0.2) is 4.79 Å². The number of carbonyl (C=O) groups excluding carboxylic acids is 2. The summed E-state index contributed by atoms with van der Waals surface area (Å²) in [5, 5.41) is 0. The van der Waals surface area contributed by atoms with Crippen molar-refractivity contribution in [2.24, 2.45) is 0 Å². The first kappa shape index (κ1) is 10.2. The second-order valence-corrected chi connectivity index (χ2v) is 3.49. The molecule has 0 N–H and O–H groups in total. The molecule has 1 aliphatic heterocycles. The van der Waals surface area contributed by atoms with Gasteiger partial charge in [-0.1, -0.05) is 15.9 Å². The van der Waals surface area contributed by atoms with Crippen LogP contribution in [0.3, 0.4) is 0 Å². The Kier molecular flexibility index (Phi) is 3.48. The fourth-order valence-corrected chi connectivity index (χ4v) is 1.49. The number of carbonyl (C=O) groups is 2. The van der Waals surface area contributed by atoms with Gasteiger partial charge >= 0.3 is 11.9 Å². The lowest BCUT2D eigenvalue weighted by atomic mass is 10.2. The Morgan fingerprint density at radius 3 is 2.92 bits per heavy atom. The fourth-order valence-electron chi connectivity index (χ4n) is 0.984. The Morgan fingerprint density at radius 2 is 2.46 bits per heavy atom. The van der Waals surface area contributed by atoms with Crippen molar-refractivity contribution in [2.45, 2.75) is 18.9 Å². The number of hydrogen-bond acceptors (Lipinski definition) is 4. The van der Waals surface area contributed by atoms with Gasteiger partial charge < -0.3 is 9.47 Å². The standard InChI is InChI=1S/C8H9BrO4/c1-12-7(10)3-2-6-5(9)4-8(11)13-6/h4,6H,2-3H2,1H3/t6-/m1/s1. The van der Waals surface area contributed by atoms with Crippen LogP contribution in [0.15, 0.2) is 10.6 Å². The summed E-state index contributed by atoms with van der Waals surface area (Å²) in [7, 11) is 1.33. The summed E-state index contributed by atoms with van der Waals surface area (Å²) in [6.45, 7) is 0. The van der Waals surface area contributed by atoms with Crippen LogP contribution in [0.25, 0.3) is 0 Å². The van der Waals surface area contributed by atoms with Crippen molar-refractivity contribution in [1.29, 1.82) is 0 Å². The monoisotopic (exact) mass is 248 g/mol. The Morgan fingerprint density at radius 1 is 1.77 bits per heavy atom. The lowest BCUT2D eigenvalue weighted by Crippen LogP contribution is -2.12. The van der Waals surface area contributed by atoms with Crippen molar-refractivity contribution in [2.75, 3.05) is 7.11 Å². The zero-order valence-corrected chi connectivity index (χ0v) is 8.67. The van der Waals surface area contributed by atoms with Crippen LogP contribution in [-0.2, 0) is 19.1 Å². The van der Waals surface area contributed by atoms with Gasteiger partial charge in [-0.2, -0.15) is 0 Å². The maximum absolute atomic E-state index is 10.8. The molecule has 0 bridgehead atoms. The van der Waals surface area contributed by atoms with Gasteiger partial charge in [0, 0.05) is 17.0 Å². The second-order valence-electron chi connectivity index (χ2n) is 2.57. The summed E-state index contributed by atoms with van der Waals surface area (Å²) in [5.41, 5.74) is 0. The van der Waals surface area contributed by atoms with E-state index >= 15 is 0 Å². The SMILES string of the molecule is COC(=O)CC[C@H]1OC(=O)C=C1Br. The van der Waals surface area contributed by atoms with Crippen molar-refractivity contribution in [3.63, 3.8) is 0 Å². The van der Waals surface area contributed by atoms with Crippen molar-refractivity contribution in [3.05, 3.63) is 10.6 Å². The first-order valence-corrected chi connectivity index (χ1v) is 4.57. The molecule has 0 aliphatic carbocycles. The fraction of sp³-hybridized carbons (Fsp3) is 0.500. The van der Waals surface area contributed by atoms with E-state index in [9.17, 15) is 9.59 Å². The van der Waals surface area contributed by atoms with Crippen molar-refractivity contribution < 1.29 is 19.1 Å². The molecule has 0 unspecified atom stereocenters. The van der Waals surface area contributed by atoms with Crippen LogP contribution in [0.4, 0.5) is 0 Å². The molecule has 0 aromatic rings. The molecule has 5 heteroatoms. The molecule has 0 saturated heterocycles. The number of ether oxygens (including phenoxy) is 2. The third-order valence-electron chi connectivity index (χ3n) is 1.66. The molecule has 0 saturated carbocycles. The third kappa shape index (κ3) is 2.84. The van der Waals surface area contributed by atoms with E-state index in [2.05, 4.69) is 20.7 Å². The lowest BCUT2D eigenvalue weighted by Gasteiger charge is -2.08. The van der Waals surface area contributed by atoms with Crippen molar-refractivity contribution >= 4 is 27.9 Å². The molecule has 0 amide bonds. The first-order chi connectivity index (χ1) is 6.13. The molecule has 1 rings (SSSR count). The van der Waals surface area contributed by atoms with Crippen LogP contribution in [0.1, 0.15) is 12.8 Å². The molecule has 1 heterocycles. The molecule has 0 aromatic heterocycles. The number of methoxy groups -OCH3 is 1. The van der Waals surface area contributed by atoms with E-state index in [-0.39, 0.29) is 24.5 Å². The Labute approximate surface area is 84.0 Å². The van der Waals surface area contributed by atoms with E-state index in [1.807, 2.05) is 0 Å². The molecule has 0 fully saturated rings. The minimum Gasteiger partial charge on any atom is -0.469 e. The number of esters is 2. The minimum absolute atomic E-state index is 0.247. The highest BCUT2D eigenvalue weighted by molar-refractivity contribution is 9.11. The van der Waals surface area contributed by atoms with Crippen LogP contribution in [0.2, 0.25) is 0 Å². The summed E-state index contributed by atoms with van der Waals surface area (Å²) in [6.07, 6.45) is 1.74. The normalized spacial score (nSPS) is 20.9. The molecule has 13 heavy (non-hydrogen) atoms. The highest BCUT2D eigenvalue weighted by atomic mass is 79.9. The van der Waals surface area contributed by atoms with E-state index in [0.29, 0.717) is 10.9 Å². The molecule has 0 aromatic carbocycles. The maximum Gasteiger partial charge on any atom is 0.332 e. The molecule has 0 spiro atoms. The van der Waals surface area contributed by atoms with Crippen LogP contribution in [0.5, 0.6) is 0 Å². The summed E-state index contributed by atoms with van der Waals surface area (Å²) in [4.78, 5) is 21.5. The number of cyclic esters (lactones) is 1. The molecule has 72 valence electrons. The average Bonchev–Trinajstić information content (AvgIpc) is 2.41. The molecular weight excluding hydrogens is 240 g/mol. The van der Waals surface area contributed by atoms with E-state index < -0.39 is 0 Å². The van der Waals surface area contributed by atoms with Gasteiger partial charge in [0.1, 0.15) is 6.10 Å². The van der Waals surface area contributed by atoms with Crippen molar-refractivity contribution in [1.82, 2.24) is 0 Å². The molecular formula is C8H9BrO4. The van der Waals surface area contributed by atoms with Gasteiger partial charge in [-0.15, -0.1) is 0 Å². The summed E-state index contributed by atoms with van der Waals surface area (Å²) in [6, 6.07) is 0. The van der Waals surface area contributed by atoms with E-state index in [4.69, 9.17) is 4.74 Å². The largest absolute Gasteiger partial charge is 0.469 e. The third-order valence-corrected chi connectivity index (χ3v) is 2.40. The summed E-state index contributed by atoms with van der Waals surface area (Å²) >= 11 is 3.18. The highest BCUT2D eigenvalue weighted by Gasteiger charge is 2.24. The van der Waals surface area contributed by atoms with Gasteiger partial charge in [0.2, 0.25) is 0 Å². The van der Waals surface area contributed by atoms with E-state index in [1.54, 1.807) is 0 Å². The highest BCUT2D eigenvalue weighted by Crippen LogP contribution is 2.24. The molecule has 4 nitrogen and oxygen atoms in total. The zero-order chi connectivity index (χ0) is 9.84. The van der Waals surface area contributed by atoms with Crippen LogP contribution in [0, 0.1) is 0 Å². The predicted octanol–water partition coefficient (Wildman–Crippen LogP) is 1.14. The quantitative estimate of drug-likeness (QED) is 0.704. The van der Waals surface area contributed by atoms with Gasteiger partial charge in [0.05, 0.1) is 7.11 Å². The van der Waals surface area contributed by atoms with Crippen LogP contribution >= 0.6 is 15.9 Å². The first-order valence-electron chi connectivity index (χ1n) is 3.78. The minimum atomic E-state index is -0.373. The van der Waals surface area contributed by atoms with Gasteiger partial charge in [0.25, 0.3) is 0 Å². The zero-order valence-electron chi connectivity index (χ0n) is 7.08. The summed E-state index contributed by atoms with van der Waals surface area (Å²) in [5.74, 6) is -0.676. The number of hydrogen-bond donors (Lipinski definition) is 0. The van der Waals surface area contributed by atoms with Crippen LogP contribution < -0.4 is 0 Å². The number of halogens is 1. The second kappa shape index (κ2) is 4.41. The Bertz CT molecular complexity index is 259. The molecule has 0 radical (unpaired) electrons. The molecule has 1 aliphatic rings. The predicted molar refractivity (Wildman–Crippen MR) is 48.1 cm³/mol. The average molecular weight is 249 g/mol. The Hall–Kier alpha value is -0.840. The lowest BCUT2D eigenvalue weighted by molar-refractivity contribution is -0.144. The smallest absolute Gasteiger partial charge is 0.332 e. The van der Waals surface area contributed by atoms with Gasteiger partial charge in [0.15, 0.2) is 0 Å². The summed E-state index contributed by atoms with van der Waals surface area (Å²) < 4.78 is 10.0. The molecule has 1 atom stereocenters. The van der Waals surface area contributed by atoms with E-state index in [1.165, 1.54) is 13.2 Å². The van der Waals surface area contributed by atoms with Gasteiger partial charge in [-0.3, -0.25) is 4.79 Å².